The molecule has 0 aromatic carbocycles. The molecule has 1 saturated heterocycles. The van der Waals surface area contributed by atoms with Crippen LogP contribution >= 0.6 is 0 Å². The molecule has 3 aromatic heterocycles. The van der Waals surface area contributed by atoms with Crippen molar-refractivity contribution in [2.75, 3.05) is 13.7 Å². The number of aromatic nitrogens is 3. The van der Waals surface area contributed by atoms with Crippen molar-refractivity contribution >= 4 is 70.7 Å². The van der Waals surface area contributed by atoms with E-state index in [0.717, 1.165) is 81.1 Å². The molecule has 6 rings (SSSR count). The van der Waals surface area contributed by atoms with Crippen molar-refractivity contribution < 1.29 is 23.9 Å². The van der Waals surface area contributed by atoms with Gasteiger partial charge in [-0.3, -0.25) is 14.4 Å². The van der Waals surface area contributed by atoms with Crippen LogP contribution in [0.3, 0.4) is 0 Å². The van der Waals surface area contributed by atoms with Crippen molar-refractivity contribution in [1.29, 1.82) is 0 Å². The fraction of sp³-hybridized carbons (Fsp3) is 0.528. The van der Waals surface area contributed by atoms with Crippen molar-refractivity contribution in [1.82, 2.24) is 15.0 Å². The molecule has 3 aliphatic rings. The predicted octanol–water partition coefficient (Wildman–Crippen LogP) is 9.73. The van der Waals surface area contributed by atoms with Crippen molar-refractivity contribution in [3.8, 4) is 0 Å². The molecule has 2 aliphatic heterocycles. The van der Waals surface area contributed by atoms with Gasteiger partial charge in [-0.05, 0) is 88.7 Å². The predicted molar refractivity (Wildman–Crippen MR) is 255 cm³/mol. The van der Waals surface area contributed by atoms with E-state index < -0.39 is 11.9 Å². The number of Topliss-reactive ketones (excluding diaryl/α,β-unsaturated/α-hetero) is 1. The second-order valence-electron chi connectivity index (χ2n) is 18.2. The van der Waals surface area contributed by atoms with Crippen molar-refractivity contribution in [2.45, 2.75) is 139 Å². The van der Waals surface area contributed by atoms with Gasteiger partial charge in [0.15, 0.2) is 5.78 Å². The molecule has 9 nitrogen and oxygen atoms in total. The molecule has 63 heavy (non-hydrogen) atoms. The molecular formula is C53H68MgN4O5-2. The van der Waals surface area contributed by atoms with Gasteiger partial charge in [-0.1, -0.05) is 144 Å². The van der Waals surface area contributed by atoms with E-state index in [1.54, 1.807) is 0 Å². The molecule has 0 N–H and O–H groups in total. The fourth-order valence-corrected chi connectivity index (χ4v) is 9.76. The number of hydrogen-bond donors (Lipinski definition) is 0. The van der Waals surface area contributed by atoms with Crippen LogP contribution in [0.4, 0.5) is 0 Å². The van der Waals surface area contributed by atoms with E-state index in [0.29, 0.717) is 40.2 Å². The van der Waals surface area contributed by atoms with Gasteiger partial charge in [0.05, 0.1) is 7.11 Å². The summed E-state index contributed by atoms with van der Waals surface area (Å²) in [6.07, 6.45) is 22.3. The van der Waals surface area contributed by atoms with Crippen LogP contribution in [0.15, 0.2) is 29.6 Å². The quantitative estimate of drug-likeness (QED) is 0.0505. The molecule has 5 heterocycles. The fourth-order valence-electron chi connectivity index (χ4n) is 9.76. The zero-order valence-electron chi connectivity index (χ0n) is 39.7. The van der Waals surface area contributed by atoms with Crippen LogP contribution in [0, 0.1) is 50.4 Å². The molecule has 8 bridgehead atoms. The first-order valence-electron chi connectivity index (χ1n) is 23.2. The van der Waals surface area contributed by atoms with E-state index in [9.17, 15) is 14.4 Å². The zero-order valence-corrected chi connectivity index (χ0v) is 41.1. The average Bonchev–Trinajstić information content (AvgIpc) is 3.99. The summed E-state index contributed by atoms with van der Waals surface area (Å²) in [4.78, 5) is 56.5. The number of carbonyl (C=O) groups is 3. The Morgan fingerprint density at radius 3 is 2.19 bits per heavy atom. The third-order valence-electron chi connectivity index (χ3n) is 13.8. The van der Waals surface area contributed by atoms with Gasteiger partial charge in [0.25, 0.3) is 0 Å². The smallest absolute Gasteiger partial charge is 0.664 e. The summed E-state index contributed by atoms with van der Waals surface area (Å²) in [7, 11) is 1.29. The van der Waals surface area contributed by atoms with Gasteiger partial charge < -0.3 is 29.7 Å². The van der Waals surface area contributed by atoms with E-state index in [-0.39, 0.29) is 59.7 Å². The number of rotatable bonds is 19. The Bertz CT molecular complexity index is 2400. The number of carbonyl (C=O) groups excluding carboxylic acids is 3. The molecule has 0 spiro atoms. The van der Waals surface area contributed by atoms with Gasteiger partial charge in [0.1, 0.15) is 12.5 Å². The summed E-state index contributed by atoms with van der Waals surface area (Å²) in [5.41, 5.74) is 10.7. The molecule has 0 saturated carbocycles. The maximum absolute atomic E-state index is 14.3. The van der Waals surface area contributed by atoms with Crippen LogP contribution in [0.25, 0.3) is 35.2 Å². The second kappa shape index (κ2) is 22.1. The Morgan fingerprint density at radius 1 is 0.857 bits per heavy atom. The second-order valence-corrected chi connectivity index (χ2v) is 18.2. The summed E-state index contributed by atoms with van der Waals surface area (Å²) in [6.45, 7) is 23.6. The molecule has 1 fully saturated rings. The van der Waals surface area contributed by atoms with Gasteiger partial charge in [-0.25, -0.2) is 0 Å². The Hall–Kier alpha value is -4.28. The Balaban J connectivity index is 0.00000748. The normalized spacial score (nSPS) is 21.9. The topological polar surface area (TPSA) is 126 Å². The van der Waals surface area contributed by atoms with Gasteiger partial charge >= 0.3 is 35.0 Å². The number of unbranched alkanes of at least 4 members (excludes halogenated alkanes) is 1. The molecule has 334 valence electrons. The van der Waals surface area contributed by atoms with Crippen LogP contribution in [0.1, 0.15) is 173 Å². The molecular weight excluding hydrogens is 797 g/mol. The standard InChI is InChI=1S/C53H69N4O5.Mg/c1-12-15-18-30(4)19-16-20-31(5)21-17-22-32(6)25-26-62-46(58)24-23-39-35(9)42-27-40-33(7)37(13-2)44(54-40)28-41-34(8)38(14-3)45(55-41)29-43-36(10)47-51(57-43)48(50(39)56-42)49(52(47)59)53(60)61-11;/h13,25,27-31,35,39,49H,2,12,14-24,26H2,1,3-11H3,(H-,56,57,59);/q-3;+2/p-1/b32-25-,41-28-,42-27-,45-29-;/t30-,31-,35+,39+,49-;/m1./s1. The largest absolute Gasteiger partial charge is 2.00 e. The van der Waals surface area contributed by atoms with Crippen LogP contribution in [-0.4, -0.2) is 54.5 Å². The molecule has 1 aliphatic carbocycles. The summed E-state index contributed by atoms with van der Waals surface area (Å²) in [5, 5.41) is 6.83. The van der Waals surface area contributed by atoms with Gasteiger partial charge in [0, 0.05) is 12.0 Å². The number of hydrogen-bond acceptors (Lipinski definition) is 5. The van der Waals surface area contributed by atoms with E-state index >= 15 is 0 Å². The summed E-state index contributed by atoms with van der Waals surface area (Å²) >= 11 is 0. The van der Waals surface area contributed by atoms with Crippen LogP contribution < -0.4 is 25.7 Å². The number of esters is 2. The van der Waals surface area contributed by atoms with Crippen molar-refractivity contribution in [3.63, 3.8) is 0 Å². The Labute approximate surface area is 392 Å². The summed E-state index contributed by atoms with van der Waals surface area (Å²) < 4.78 is 11.0. The van der Waals surface area contributed by atoms with Gasteiger partial charge in [-0.15, -0.1) is 33.5 Å². The minimum atomic E-state index is -1.22. The molecule has 10 heteroatoms. The maximum Gasteiger partial charge on any atom is 2.00 e. The number of nitrogens with zero attached hydrogens (tertiary/aromatic N) is 4. The van der Waals surface area contributed by atoms with Crippen LogP contribution in [0.5, 0.6) is 0 Å². The van der Waals surface area contributed by atoms with Crippen molar-refractivity contribution in [3.05, 3.63) is 102 Å². The van der Waals surface area contributed by atoms with Gasteiger partial charge in [0.2, 0.25) is 0 Å². The number of ether oxygens (including phenoxy) is 2. The Kier molecular flexibility index (Phi) is 17.4. The minimum absolute atomic E-state index is 0. The number of fused-ring (bicyclic) bond motifs is 7. The van der Waals surface area contributed by atoms with E-state index in [1.807, 2.05) is 44.2 Å². The zero-order chi connectivity index (χ0) is 44.8. The van der Waals surface area contributed by atoms with E-state index in [1.165, 1.54) is 57.6 Å². The summed E-state index contributed by atoms with van der Waals surface area (Å²) in [6, 6.07) is 0. The number of methoxy groups -OCH3 is 1. The third-order valence-corrected chi connectivity index (χ3v) is 13.8. The number of allylic oxidation sites excluding steroid dienone is 3. The molecule has 0 radical (unpaired) electrons. The molecule has 3 aromatic rings. The maximum atomic E-state index is 14.3. The molecule has 0 amide bonds. The first kappa shape index (κ1) is 49.7. The third kappa shape index (κ3) is 10.8. The Morgan fingerprint density at radius 2 is 1.52 bits per heavy atom. The first-order chi connectivity index (χ1) is 29.7. The SMILES string of the molecule is C=Cc1c2[n-]c(c1C)/C=C1\[N-]/C(=C3\c4[n-]c(c(C)c4C(=O)[C@@H]3C(=O)OC)/C=c3\[n-]/c(c(C)c3CC)=C\2)[C@@H](CCC(=O)OC/C=C(/C)CCC[C@H](C)CCC[C@H](C)CCCC)[C@@H]1C.[Mg+2]. The van der Waals surface area contributed by atoms with Crippen LogP contribution in [-0.2, 0) is 25.5 Å². The number of ketones is 1. The minimum Gasteiger partial charge on any atom is -0.664 e. The summed E-state index contributed by atoms with van der Waals surface area (Å²) in [5.74, 6) is -1.49. The first-order valence-corrected chi connectivity index (χ1v) is 23.2. The monoisotopic (exact) mass is 865 g/mol. The molecule has 5 atom stereocenters. The van der Waals surface area contributed by atoms with Crippen LogP contribution in [0.2, 0.25) is 0 Å². The van der Waals surface area contributed by atoms with Gasteiger partial charge in [-0.2, -0.15) is 11.4 Å². The van der Waals surface area contributed by atoms with Crippen molar-refractivity contribution in [2.24, 2.45) is 29.6 Å². The average molecular weight is 865 g/mol. The van der Waals surface area contributed by atoms with E-state index in [2.05, 4.69) is 55.0 Å². The molecule has 0 unspecified atom stereocenters. The van der Waals surface area contributed by atoms with E-state index in [4.69, 9.17) is 29.7 Å².